The summed E-state index contributed by atoms with van der Waals surface area (Å²) in [5, 5.41) is 8.59. The summed E-state index contributed by atoms with van der Waals surface area (Å²) in [5.41, 5.74) is 1.44. The van der Waals surface area contributed by atoms with Gasteiger partial charge in [-0.05, 0) is 24.3 Å². The van der Waals surface area contributed by atoms with Gasteiger partial charge in [0.05, 0.1) is 11.1 Å². The molecule has 0 atom stereocenters. The lowest BCUT2D eigenvalue weighted by Crippen LogP contribution is -2.25. The molecule has 3 N–H and O–H groups in total. The van der Waals surface area contributed by atoms with Crippen molar-refractivity contribution in [1.29, 1.82) is 0 Å². The van der Waals surface area contributed by atoms with Crippen molar-refractivity contribution in [3.05, 3.63) is 54.1 Å². The Morgan fingerprint density at radius 1 is 1.00 bits per heavy atom. The first-order chi connectivity index (χ1) is 13.1. The van der Waals surface area contributed by atoms with Gasteiger partial charge in [0.2, 0.25) is 6.79 Å². The second-order valence-corrected chi connectivity index (χ2v) is 5.81. The van der Waals surface area contributed by atoms with Gasteiger partial charge in [0, 0.05) is 24.2 Å². The Bertz CT molecular complexity index is 1040. The number of nitrogens with zero attached hydrogens (tertiary/aromatic N) is 1. The van der Waals surface area contributed by atoms with Crippen LogP contribution in [0.25, 0.3) is 10.9 Å². The molecule has 8 nitrogen and oxygen atoms in total. The number of aromatic nitrogens is 1. The quantitative estimate of drug-likeness (QED) is 0.663. The lowest BCUT2D eigenvalue weighted by Gasteiger charge is -2.12. The van der Waals surface area contributed by atoms with Crippen LogP contribution in [0, 0.1) is 0 Å². The number of benzene rings is 2. The highest BCUT2D eigenvalue weighted by atomic mass is 16.7. The van der Waals surface area contributed by atoms with E-state index in [4.69, 9.17) is 9.47 Å². The van der Waals surface area contributed by atoms with Gasteiger partial charge in [-0.2, -0.15) is 0 Å². The molecule has 1 aliphatic heterocycles. The van der Waals surface area contributed by atoms with E-state index in [0.29, 0.717) is 28.1 Å². The van der Waals surface area contributed by atoms with E-state index in [1.165, 1.54) is 7.05 Å². The number of anilines is 2. The van der Waals surface area contributed by atoms with Gasteiger partial charge in [0.15, 0.2) is 11.5 Å². The Balaban J connectivity index is 1.70. The molecule has 1 aliphatic rings. The Morgan fingerprint density at radius 3 is 2.48 bits per heavy atom. The summed E-state index contributed by atoms with van der Waals surface area (Å²) in [6.07, 6.45) is 0. The molecule has 3 aromatic rings. The summed E-state index contributed by atoms with van der Waals surface area (Å²) in [6.45, 7) is 0.137. The molecule has 2 heterocycles. The monoisotopic (exact) mass is 364 g/mol. The minimum atomic E-state index is -0.501. The number of ether oxygens (including phenoxy) is 2. The van der Waals surface area contributed by atoms with E-state index in [9.17, 15) is 9.59 Å². The van der Waals surface area contributed by atoms with Gasteiger partial charge < -0.3 is 20.1 Å². The lowest BCUT2D eigenvalue weighted by atomic mass is 10.1. The van der Waals surface area contributed by atoms with Crippen molar-refractivity contribution in [3.63, 3.8) is 0 Å². The van der Waals surface area contributed by atoms with Crippen LogP contribution in [0.2, 0.25) is 0 Å². The molecule has 0 saturated carbocycles. The number of fused-ring (bicyclic) bond motifs is 2. The number of hydrogen-bond donors (Lipinski definition) is 3. The van der Waals surface area contributed by atoms with Crippen molar-refractivity contribution in [2.45, 2.75) is 0 Å². The number of nitrogens with one attached hydrogen (secondary N) is 3. The van der Waals surface area contributed by atoms with Crippen LogP contribution in [-0.4, -0.2) is 30.8 Å². The molecule has 0 radical (unpaired) electrons. The molecule has 4 rings (SSSR count). The molecule has 0 aliphatic carbocycles. The van der Waals surface area contributed by atoms with Crippen molar-refractivity contribution in [2.75, 3.05) is 24.5 Å². The number of urea groups is 1. The summed E-state index contributed by atoms with van der Waals surface area (Å²) >= 11 is 0. The standard InChI is InChI=1S/C19H16N4O4/c1-20-18(24)13-7-11-8-15-16(27-10-26-15)9-14(11)22-17(13)23-19(25)21-12-5-3-2-4-6-12/h2-9H,10H2,1H3,(H,20,24)(H2,21,22,23,25). The molecule has 0 bridgehead atoms. The van der Waals surface area contributed by atoms with Crippen LogP contribution in [0.1, 0.15) is 10.4 Å². The minimum absolute atomic E-state index is 0.137. The average molecular weight is 364 g/mol. The summed E-state index contributed by atoms with van der Waals surface area (Å²) in [5.74, 6) is 0.947. The van der Waals surface area contributed by atoms with Gasteiger partial charge in [0.1, 0.15) is 5.82 Å². The Hall–Kier alpha value is -3.81. The van der Waals surface area contributed by atoms with Crippen LogP contribution in [0.3, 0.4) is 0 Å². The largest absolute Gasteiger partial charge is 0.454 e. The second kappa shape index (κ2) is 6.83. The van der Waals surface area contributed by atoms with Gasteiger partial charge in [-0.1, -0.05) is 18.2 Å². The number of para-hydroxylation sites is 1. The number of hydrogen-bond acceptors (Lipinski definition) is 5. The number of carbonyl (C=O) groups is 2. The second-order valence-electron chi connectivity index (χ2n) is 5.81. The summed E-state index contributed by atoms with van der Waals surface area (Å²) in [6, 6.07) is 13.6. The number of pyridine rings is 1. The molecule has 2 aromatic carbocycles. The van der Waals surface area contributed by atoms with Crippen molar-refractivity contribution < 1.29 is 19.1 Å². The molecule has 1 aromatic heterocycles. The molecule has 0 fully saturated rings. The summed E-state index contributed by atoms with van der Waals surface area (Å²) in [4.78, 5) is 29.0. The van der Waals surface area contributed by atoms with E-state index < -0.39 is 6.03 Å². The van der Waals surface area contributed by atoms with Crippen LogP contribution in [0.15, 0.2) is 48.5 Å². The van der Waals surface area contributed by atoms with Crippen molar-refractivity contribution in [1.82, 2.24) is 10.3 Å². The number of rotatable bonds is 3. The fourth-order valence-corrected chi connectivity index (χ4v) is 2.76. The lowest BCUT2D eigenvalue weighted by molar-refractivity contribution is 0.0964. The first-order valence-corrected chi connectivity index (χ1v) is 8.23. The zero-order valence-electron chi connectivity index (χ0n) is 14.4. The first kappa shape index (κ1) is 16.6. The predicted molar refractivity (Wildman–Crippen MR) is 100 cm³/mol. The van der Waals surface area contributed by atoms with E-state index in [-0.39, 0.29) is 24.1 Å². The fourth-order valence-electron chi connectivity index (χ4n) is 2.76. The molecule has 27 heavy (non-hydrogen) atoms. The third-order valence-corrected chi connectivity index (χ3v) is 4.04. The number of amides is 3. The molecular weight excluding hydrogens is 348 g/mol. The SMILES string of the molecule is CNC(=O)c1cc2cc3c(cc2nc1NC(=O)Nc1ccccc1)OCO3. The smallest absolute Gasteiger partial charge is 0.324 e. The normalized spacial score (nSPS) is 11.9. The van der Waals surface area contributed by atoms with Crippen molar-refractivity contribution in [3.8, 4) is 11.5 Å². The fraction of sp³-hybridized carbons (Fsp3) is 0.105. The summed E-state index contributed by atoms with van der Waals surface area (Å²) in [7, 11) is 1.51. The molecule has 0 unspecified atom stereocenters. The van der Waals surface area contributed by atoms with Crippen LogP contribution in [0.4, 0.5) is 16.3 Å². The third kappa shape index (κ3) is 3.32. The molecule has 3 amide bonds. The van der Waals surface area contributed by atoms with E-state index >= 15 is 0 Å². The Labute approximate surface area is 154 Å². The maximum absolute atomic E-state index is 12.3. The molecule has 136 valence electrons. The number of carbonyl (C=O) groups excluding carboxylic acids is 2. The average Bonchev–Trinajstić information content (AvgIpc) is 3.13. The van der Waals surface area contributed by atoms with Crippen molar-refractivity contribution in [2.24, 2.45) is 0 Å². The highest BCUT2D eigenvalue weighted by Gasteiger charge is 2.19. The predicted octanol–water partition coefficient (Wildman–Crippen LogP) is 2.97. The zero-order chi connectivity index (χ0) is 18.8. The van der Waals surface area contributed by atoms with Gasteiger partial charge in [0.25, 0.3) is 5.91 Å². The molecule has 0 saturated heterocycles. The maximum atomic E-state index is 12.3. The molecule has 8 heteroatoms. The van der Waals surface area contributed by atoms with E-state index in [1.54, 1.807) is 30.3 Å². The first-order valence-electron chi connectivity index (χ1n) is 8.23. The Kier molecular flexibility index (Phi) is 4.21. The summed E-state index contributed by atoms with van der Waals surface area (Å²) < 4.78 is 10.7. The van der Waals surface area contributed by atoms with Crippen LogP contribution in [-0.2, 0) is 0 Å². The Morgan fingerprint density at radius 2 is 1.74 bits per heavy atom. The maximum Gasteiger partial charge on any atom is 0.324 e. The van der Waals surface area contributed by atoms with E-state index in [2.05, 4.69) is 20.9 Å². The highest BCUT2D eigenvalue weighted by Crippen LogP contribution is 2.36. The topological polar surface area (TPSA) is 102 Å². The van der Waals surface area contributed by atoms with Crippen molar-refractivity contribution >= 4 is 34.3 Å². The molecule has 0 spiro atoms. The van der Waals surface area contributed by atoms with Crippen LogP contribution < -0.4 is 25.4 Å². The molecular formula is C19H16N4O4. The highest BCUT2D eigenvalue weighted by molar-refractivity contribution is 6.07. The zero-order valence-corrected chi connectivity index (χ0v) is 14.4. The van der Waals surface area contributed by atoms with Crippen LogP contribution in [0.5, 0.6) is 11.5 Å². The van der Waals surface area contributed by atoms with Gasteiger partial charge >= 0.3 is 6.03 Å². The minimum Gasteiger partial charge on any atom is -0.454 e. The van der Waals surface area contributed by atoms with Gasteiger partial charge in [-0.15, -0.1) is 0 Å². The van der Waals surface area contributed by atoms with Gasteiger partial charge in [-0.3, -0.25) is 10.1 Å². The third-order valence-electron chi connectivity index (χ3n) is 4.04. The van der Waals surface area contributed by atoms with E-state index in [1.807, 2.05) is 18.2 Å². The van der Waals surface area contributed by atoms with E-state index in [0.717, 1.165) is 0 Å². The van der Waals surface area contributed by atoms with Crippen LogP contribution >= 0.6 is 0 Å². The van der Waals surface area contributed by atoms with Gasteiger partial charge in [-0.25, -0.2) is 9.78 Å².